The maximum absolute atomic E-state index is 5.41. The van der Waals surface area contributed by atoms with Crippen LogP contribution in [-0.2, 0) is 14.2 Å². The van der Waals surface area contributed by atoms with Gasteiger partial charge in [-0.1, -0.05) is 12.8 Å². The second kappa shape index (κ2) is 8.72. The molecule has 0 saturated carbocycles. The van der Waals surface area contributed by atoms with E-state index in [0.29, 0.717) is 39.6 Å². The zero-order valence-electron chi connectivity index (χ0n) is 10.0. The fourth-order valence-corrected chi connectivity index (χ4v) is 1.18. The van der Waals surface area contributed by atoms with Gasteiger partial charge >= 0.3 is 0 Å². The number of rotatable bonds is 9. The summed E-state index contributed by atoms with van der Waals surface area (Å²) < 4.78 is 16.2. The molecule has 0 aromatic heterocycles. The van der Waals surface area contributed by atoms with Crippen LogP contribution in [0.2, 0.25) is 0 Å². The van der Waals surface area contributed by atoms with Gasteiger partial charge in [-0.3, -0.25) is 0 Å². The van der Waals surface area contributed by atoms with E-state index >= 15 is 0 Å². The highest BCUT2D eigenvalue weighted by Gasteiger charge is 2.25. The zero-order chi connectivity index (χ0) is 11.6. The number of hydrogen-bond acceptors (Lipinski definition) is 3. The molecule has 0 radical (unpaired) electrons. The first-order chi connectivity index (χ1) is 7.18. The molecule has 15 heavy (non-hydrogen) atoms. The van der Waals surface area contributed by atoms with Crippen molar-refractivity contribution in [3.8, 4) is 12.3 Å². The predicted octanol–water partition coefficient (Wildman–Crippen LogP) is 1.72. The molecule has 0 heterocycles. The zero-order valence-corrected chi connectivity index (χ0v) is 10.0. The smallest absolute Gasteiger partial charge is 0.107 e. The van der Waals surface area contributed by atoms with Crippen molar-refractivity contribution in [1.29, 1.82) is 0 Å². The largest absolute Gasteiger partial charge is 0.381 e. The lowest BCUT2D eigenvalue weighted by atomic mass is 9.94. The second-order valence-electron chi connectivity index (χ2n) is 3.78. The summed E-state index contributed by atoms with van der Waals surface area (Å²) in [6, 6.07) is 0. The lowest BCUT2D eigenvalue weighted by Crippen LogP contribution is -2.34. The number of terminal acetylenes is 1. The molecule has 0 rings (SSSR count). The molecular formula is C12H22O3. The third kappa shape index (κ3) is 7.38. The highest BCUT2D eigenvalue weighted by Crippen LogP contribution is 2.18. The number of ether oxygens (including phenoxy) is 3. The minimum Gasteiger partial charge on any atom is -0.381 e. The second-order valence-corrected chi connectivity index (χ2v) is 3.78. The summed E-state index contributed by atoms with van der Waals surface area (Å²) in [6.45, 7) is 9.61. The van der Waals surface area contributed by atoms with Crippen LogP contribution in [0.25, 0.3) is 0 Å². The Hall–Kier alpha value is -0.560. The Bertz CT molecular complexity index is 176. The minimum absolute atomic E-state index is 0.108. The van der Waals surface area contributed by atoms with E-state index in [-0.39, 0.29) is 5.41 Å². The Balaban J connectivity index is 3.96. The van der Waals surface area contributed by atoms with Crippen LogP contribution in [0.4, 0.5) is 0 Å². The van der Waals surface area contributed by atoms with Crippen molar-refractivity contribution in [3.05, 3.63) is 0 Å². The molecule has 0 unspecified atom stereocenters. The molecule has 0 bridgehead atoms. The summed E-state index contributed by atoms with van der Waals surface area (Å²) in [6.07, 6.45) is 5.12. The molecule has 0 aliphatic rings. The van der Waals surface area contributed by atoms with Gasteiger partial charge in [0, 0.05) is 18.6 Å². The molecule has 0 atom stereocenters. The van der Waals surface area contributed by atoms with Crippen molar-refractivity contribution in [1.82, 2.24) is 0 Å². The van der Waals surface area contributed by atoms with Crippen molar-refractivity contribution >= 4 is 0 Å². The van der Waals surface area contributed by atoms with Crippen LogP contribution in [0.15, 0.2) is 0 Å². The van der Waals surface area contributed by atoms with Gasteiger partial charge in [-0.25, -0.2) is 0 Å². The van der Waals surface area contributed by atoms with E-state index in [4.69, 9.17) is 20.6 Å². The molecule has 0 aromatic rings. The lowest BCUT2D eigenvalue weighted by molar-refractivity contribution is -0.0506. The standard InChI is InChI=1S/C12H22O3/c1-5-8-15-11-12(4,9-13-6-2)10-14-7-3/h1H,6-11H2,2-4H3. The Morgan fingerprint density at radius 1 is 1.00 bits per heavy atom. The van der Waals surface area contributed by atoms with Crippen LogP contribution in [0.5, 0.6) is 0 Å². The van der Waals surface area contributed by atoms with E-state index in [1.54, 1.807) is 0 Å². The predicted molar refractivity (Wildman–Crippen MR) is 60.7 cm³/mol. The SMILES string of the molecule is C#CCOCC(C)(COCC)COCC. The van der Waals surface area contributed by atoms with Gasteiger partial charge in [0.25, 0.3) is 0 Å². The van der Waals surface area contributed by atoms with Crippen LogP contribution in [0, 0.1) is 17.8 Å². The fourth-order valence-electron chi connectivity index (χ4n) is 1.18. The van der Waals surface area contributed by atoms with Crippen LogP contribution >= 0.6 is 0 Å². The van der Waals surface area contributed by atoms with Gasteiger partial charge in [0.2, 0.25) is 0 Å². The summed E-state index contributed by atoms with van der Waals surface area (Å²) in [5.41, 5.74) is -0.108. The van der Waals surface area contributed by atoms with E-state index in [0.717, 1.165) is 0 Å². The van der Waals surface area contributed by atoms with Crippen molar-refractivity contribution < 1.29 is 14.2 Å². The van der Waals surface area contributed by atoms with E-state index in [9.17, 15) is 0 Å². The molecular weight excluding hydrogens is 192 g/mol. The summed E-state index contributed by atoms with van der Waals surface area (Å²) in [7, 11) is 0. The van der Waals surface area contributed by atoms with Crippen molar-refractivity contribution in [2.24, 2.45) is 5.41 Å². The minimum atomic E-state index is -0.108. The van der Waals surface area contributed by atoms with Gasteiger partial charge in [0.15, 0.2) is 0 Å². The highest BCUT2D eigenvalue weighted by atomic mass is 16.5. The Labute approximate surface area is 93.1 Å². The quantitative estimate of drug-likeness (QED) is 0.432. The lowest BCUT2D eigenvalue weighted by Gasteiger charge is -2.28. The van der Waals surface area contributed by atoms with Gasteiger partial charge in [0.1, 0.15) is 6.61 Å². The van der Waals surface area contributed by atoms with Gasteiger partial charge in [-0.05, 0) is 13.8 Å². The Morgan fingerprint density at radius 2 is 1.47 bits per heavy atom. The molecule has 0 aliphatic carbocycles. The molecule has 0 saturated heterocycles. The molecule has 0 fully saturated rings. The summed E-state index contributed by atoms with van der Waals surface area (Å²) in [4.78, 5) is 0. The Kier molecular flexibility index (Phi) is 8.40. The molecule has 0 amide bonds. The first-order valence-electron chi connectivity index (χ1n) is 5.35. The van der Waals surface area contributed by atoms with Gasteiger partial charge in [-0.15, -0.1) is 6.42 Å². The average Bonchev–Trinajstić information content (AvgIpc) is 2.24. The third-order valence-corrected chi connectivity index (χ3v) is 1.95. The summed E-state index contributed by atoms with van der Waals surface area (Å²) in [5.74, 6) is 2.45. The number of hydrogen-bond donors (Lipinski definition) is 0. The van der Waals surface area contributed by atoms with E-state index < -0.39 is 0 Å². The van der Waals surface area contributed by atoms with Crippen molar-refractivity contribution in [2.45, 2.75) is 20.8 Å². The van der Waals surface area contributed by atoms with Crippen LogP contribution in [-0.4, -0.2) is 39.6 Å². The van der Waals surface area contributed by atoms with E-state index in [1.165, 1.54) is 0 Å². The summed E-state index contributed by atoms with van der Waals surface area (Å²) >= 11 is 0. The Morgan fingerprint density at radius 3 is 1.87 bits per heavy atom. The monoisotopic (exact) mass is 214 g/mol. The molecule has 0 N–H and O–H groups in total. The molecule has 88 valence electrons. The van der Waals surface area contributed by atoms with E-state index in [1.807, 2.05) is 13.8 Å². The maximum atomic E-state index is 5.41. The van der Waals surface area contributed by atoms with Crippen LogP contribution < -0.4 is 0 Å². The van der Waals surface area contributed by atoms with Gasteiger partial charge < -0.3 is 14.2 Å². The van der Waals surface area contributed by atoms with Gasteiger partial charge in [-0.2, -0.15) is 0 Å². The van der Waals surface area contributed by atoms with Crippen molar-refractivity contribution in [2.75, 3.05) is 39.6 Å². The van der Waals surface area contributed by atoms with Gasteiger partial charge in [0.05, 0.1) is 19.8 Å². The van der Waals surface area contributed by atoms with Crippen LogP contribution in [0.3, 0.4) is 0 Å². The first kappa shape index (κ1) is 14.4. The molecule has 0 aromatic carbocycles. The first-order valence-corrected chi connectivity index (χ1v) is 5.35. The topological polar surface area (TPSA) is 27.7 Å². The molecule has 3 nitrogen and oxygen atoms in total. The summed E-state index contributed by atoms with van der Waals surface area (Å²) in [5, 5.41) is 0. The normalized spacial score (nSPS) is 11.3. The van der Waals surface area contributed by atoms with Crippen LogP contribution in [0.1, 0.15) is 20.8 Å². The highest BCUT2D eigenvalue weighted by molar-refractivity contribution is 4.84. The van der Waals surface area contributed by atoms with Crippen molar-refractivity contribution in [3.63, 3.8) is 0 Å². The maximum Gasteiger partial charge on any atom is 0.107 e. The fraction of sp³-hybridized carbons (Fsp3) is 0.833. The van der Waals surface area contributed by atoms with E-state index in [2.05, 4.69) is 12.8 Å². The average molecular weight is 214 g/mol. The molecule has 3 heteroatoms. The molecule has 0 spiro atoms. The third-order valence-electron chi connectivity index (χ3n) is 1.95. The molecule has 0 aliphatic heterocycles.